The fraction of sp³-hybridized carbons (Fsp3) is 0.462. The summed E-state index contributed by atoms with van der Waals surface area (Å²) in [6, 6.07) is 10.5. The lowest BCUT2D eigenvalue weighted by Crippen LogP contribution is -2.59. The molecule has 37 heavy (non-hydrogen) atoms. The second-order valence-corrected chi connectivity index (χ2v) is 12.1. The summed E-state index contributed by atoms with van der Waals surface area (Å²) >= 11 is 3.26. The van der Waals surface area contributed by atoms with Crippen molar-refractivity contribution in [3.05, 3.63) is 35.2 Å². The third-order valence-electron chi connectivity index (χ3n) is 7.45. The van der Waals surface area contributed by atoms with Gasteiger partial charge in [0.05, 0.1) is 33.7 Å². The highest BCUT2D eigenvalue weighted by molar-refractivity contribution is 7.19. The van der Waals surface area contributed by atoms with E-state index in [4.69, 9.17) is 24.8 Å². The first-order valence-electron chi connectivity index (χ1n) is 12.7. The molecule has 2 saturated heterocycles. The zero-order chi connectivity index (χ0) is 25.6. The van der Waals surface area contributed by atoms with Gasteiger partial charge in [-0.15, -0.1) is 11.3 Å². The fourth-order valence-electron chi connectivity index (χ4n) is 5.03. The van der Waals surface area contributed by atoms with E-state index in [1.807, 2.05) is 26.0 Å². The second kappa shape index (κ2) is 9.88. The molecule has 1 aromatic carbocycles. The van der Waals surface area contributed by atoms with Crippen molar-refractivity contribution in [3.8, 4) is 11.5 Å². The van der Waals surface area contributed by atoms with Crippen LogP contribution in [0, 0.1) is 0 Å². The van der Waals surface area contributed by atoms with Gasteiger partial charge in [-0.25, -0.2) is 9.97 Å². The molecule has 1 amide bonds. The number of hydrogen-bond acceptors (Lipinski definition) is 10. The quantitative estimate of drug-likeness (QED) is 0.400. The van der Waals surface area contributed by atoms with Crippen LogP contribution >= 0.6 is 22.9 Å². The van der Waals surface area contributed by atoms with Crippen molar-refractivity contribution in [2.75, 3.05) is 57.4 Å². The zero-order valence-corrected chi connectivity index (χ0v) is 22.8. The Bertz CT molecular complexity index is 1440. The van der Waals surface area contributed by atoms with Crippen LogP contribution in [0.2, 0.25) is 0 Å². The van der Waals surface area contributed by atoms with Crippen molar-refractivity contribution in [2.45, 2.75) is 25.9 Å². The van der Waals surface area contributed by atoms with Gasteiger partial charge < -0.3 is 15.4 Å². The maximum absolute atomic E-state index is 11.9. The molecule has 4 aromatic rings. The molecule has 2 fully saturated rings. The highest BCUT2D eigenvalue weighted by Crippen LogP contribution is 2.37. The van der Waals surface area contributed by atoms with Crippen LogP contribution in [0.1, 0.15) is 18.7 Å². The molecule has 0 unspecified atom stereocenters. The summed E-state index contributed by atoms with van der Waals surface area (Å²) in [5, 5.41) is 1.09. The third-order valence-corrected chi connectivity index (χ3v) is 9.38. The van der Waals surface area contributed by atoms with Crippen LogP contribution in [0.4, 0.5) is 5.82 Å². The van der Waals surface area contributed by atoms with Crippen molar-refractivity contribution in [3.63, 3.8) is 0 Å². The molecule has 0 spiro atoms. The van der Waals surface area contributed by atoms with Crippen LogP contribution in [0.5, 0.6) is 0 Å². The first kappa shape index (κ1) is 24.6. The van der Waals surface area contributed by atoms with E-state index in [1.165, 1.54) is 16.4 Å². The Morgan fingerprint density at radius 3 is 2.59 bits per heavy atom. The number of fused-ring (bicyclic) bond motifs is 2. The van der Waals surface area contributed by atoms with Gasteiger partial charge in [-0.2, -0.15) is 4.37 Å². The second-order valence-electron chi connectivity index (χ2n) is 10.1. The number of morpholine rings is 1. The van der Waals surface area contributed by atoms with Gasteiger partial charge in [-0.3, -0.25) is 14.6 Å². The molecule has 194 valence electrons. The number of carbonyl (C=O) groups excluding carboxylic acids is 1. The van der Waals surface area contributed by atoms with E-state index >= 15 is 0 Å². The fourth-order valence-corrected chi connectivity index (χ4v) is 6.95. The Morgan fingerprint density at radius 1 is 1.08 bits per heavy atom. The molecule has 0 atom stereocenters. The highest BCUT2D eigenvalue weighted by Gasteiger charge is 2.34. The number of anilines is 1. The van der Waals surface area contributed by atoms with Gasteiger partial charge in [0.1, 0.15) is 5.69 Å². The van der Waals surface area contributed by atoms with Crippen LogP contribution in [0.3, 0.4) is 0 Å². The molecule has 0 bridgehead atoms. The van der Waals surface area contributed by atoms with E-state index in [1.54, 1.807) is 11.3 Å². The summed E-state index contributed by atoms with van der Waals surface area (Å²) in [4.78, 5) is 30.2. The van der Waals surface area contributed by atoms with E-state index < -0.39 is 5.54 Å². The Labute approximate surface area is 224 Å². The van der Waals surface area contributed by atoms with Gasteiger partial charge in [-0.1, -0.05) is 18.2 Å². The Hall–Kier alpha value is -2.70. The van der Waals surface area contributed by atoms with E-state index in [-0.39, 0.29) is 5.91 Å². The molecule has 6 rings (SSSR count). The van der Waals surface area contributed by atoms with Gasteiger partial charge >= 0.3 is 0 Å². The van der Waals surface area contributed by atoms with E-state index in [0.29, 0.717) is 19.0 Å². The maximum atomic E-state index is 11.9. The molecule has 2 aliphatic heterocycles. The molecule has 2 aliphatic rings. The van der Waals surface area contributed by atoms with Crippen LogP contribution in [0.25, 0.3) is 31.8 Å². The van der Waals surface area contributed by atoms with E-state index in [2.05, 4.69) is 32.9 Å². The van der Waals surface area contributed by atoms with Gasteiger partial charge in [0.25, 0.3) is 0 Å². The van der Waals surface area contributed by atoms with Crippen molar-refractivity contribution in [2.24, 2.45) is 5.73 Å². The highest BCUT2D eigenvalue weighted by atomic mass is 32.1. The average molecular weight is 538 g/mol. The molecular formula is C26H31N7O2S2. The van der Waals surface area contributed by atoms with Crippen LogP contribution in [-0.4, -0.2) is 88.1 Å². The number of aromatic nitrogens is 3. The summed E-state index contributed by atoms with van der Waals surface area (Å²) in [6.45, 7) is 11.1. The monoisotopic (exact) mass is 537 g/mol. The minimum atomic E-state index is -0.622. The van der Waals surface area contributed by atoms with Crippen molar-refractivity contribution >= 4 is 54.9 Å². The lowest BCUT2D eigenvalue weighted by molar-refractivity contribution is -0.129. The smallest absolute Gasteiger partial charge is 0.237 e. The first-order valence-corrected chi connectivity index (χ1v) is 14.2. The summed E-state index contributed by atoms with van der Waals surface area (Å²) in [7, 11) is 0. The predicted molar refractivity (Wildman–Crippen MR) is 149 cm³/mol. The summed E-state index contributed by atoms with van der Waals surface area (Å²) in [6.07, 6.45) is 0. The number of nitrogens with two attached hydrogens (primary N) is 1. The van der Waals surface area contributed by atoms with Crippen molar-refractivity contribution in [1.29, 1.82) is 0 Å². The standard InChI is InChI=1S/C26H31N7O2S2/c1-26(2,25(27)34)33-9-7-31(8-10-33)16-17-15-19-22(36-17)24(32-11-13-35-14-12-32)29-23(28-19)21-18-5-3-4-6-20(18)37-30-21/h3-6,15H,7-14,16H2,1-2H3,(H2,27,34). The number of ether oxygens (including phenoxy) is 1. The van der Waals surface area contributed by atoms with Gasteiger partial charge in [0.2, 0.25) is 5.91 Å². The van der Waals surface area contributed by atoms with Crippen LogP contribution < -0.4 is 10.6 Å². The third kappa shape index (κ3) is 4.70. The molecule has 0 radical (unpaired) electrons. The largest absolute Gasteiger partial charge is 0.378 e. The normalized spacial score (nSPS) is 18.2. The summed E-state index contributed by atoms with van der Waals surface area (Å²) in [5.74, 6) is 1.38. The van der Waals surface area contributed by atoms with Gasteiger partial charge in [0.15, 0.2) is 11.6 Å². The summed E-state index contributed by atoms with van der Waals surface area (Å²) in [5.41, 5.74) is 6.83. The molecule has 3 aromatic heterocycles. The van der Waals surface area contributed by atoms with Crippen molar-refractivity contribution in [1.82, 2.24) is 24.1 Å². The number of carbonyl (C=O) groups is 1. The lowest BCUT2D eigenvalue weighted by atomic mass is 10.0. The number of thiophene rings is 1. The molecule has 0 saturated carbocycles. The molecule has 11 heteroatoms. The molecule has 9 nitrogen and oxygen atoms in total. The molecule has 0 aliphatic carbocycles. The van der Waals surface area contributed by atoms with Crippen molar-refractivity contribution < 1.29 is 9.53 Å². The van der Waals surface area contributed by atoms with E-state index in [0.717, 1.165) is 77.6 Å². The summed E-state index contributed by atoms with van der Waals surface area (Å²) < 4.78 is 12.6. The number of hydrogen-bond donors (Lipinski definition) is 1. The Balaban J connectivity index is 1.30. The molecular weight excluding hydrogens is 506 g/mol. The van der Waals surface area contributed by atoms with E-state index in [9.17, 15) is 4.79 Å². The lowest BCUT2D eigenvalue weighted by Gasteiger charge is -2.42. The van der Waals surface area contributed by atoms with Crippen LogP contribution in [-0.2, 0) is 16.1 Å². The number of primary amides is 1. The SMILES string of the molecule is CC(C)(C(N)=O)N1CCN(Cc2cc3nc(-c4nsc5ccccc45)nc(N4CCOCC4)c3s2)CC1. The van der Waals surface area contributed by atoms with Gasteiger partial charge in [0, 0.05) is 56.1 Å². The first-order chi connectivity index (χ1) is 17.9. The Morgan fingerprint density at radius 2 is 1.84 bits per heavy atom. The zero-order valence-electron chi connectivity index (χ0n) is 21.1. The predicted octanol–water partition coefficient (Wildman–Crippen LogP) is 3.19. The number of piperazine rings is 1. The number of rotatable bonds is 6. The minimum absolute atomic E-state index is 0.275. The average Bonchev–Trinajstić information content (AvgIpc) is 3.52. The topological polar surface area (TPSA) is 101 Å². The number of nitrogens with zero attached hydrogens (tertiary/aromatic N) is 6. The maximum Gasteiger partial charge on any atom is 0.237 e. The van der Waals surface area contributed by atoms with Gasteiger partial charge in [-0.05, 0) is 37.5 Å². The number of amides is 1. The molecule has 5 heterocycles. The Kier molecular flexibility index (Phi) is 6.58. The molecule has 2 N–H and O–H groups in total. The number of benzene rings is 1. The van der Waals surface area contributed by atoms with Crippen LogP contribution in [0.15, 0.2) is 30.3 Å². The minimum Gasteiger partial charge on any atom is -0.378 e.